The van der Waals surface area contributed by atoms with Gasteiger partial charge in [-0.05, 0) is 44.1 Å². The Morgan fingerprint density at radius 2 is 1.86 bits per heavy atom. The summed E-state index contributed by atoms with van der Waals surface area (Å²) in [6.07, 6.45) is -2.92. The Kier molecular flexibility index (Phi) is 5.47. The summed E-state index contributed by atoms with van der Waals surface area (Å²) in [5, 5.41) is 0. The van der Waals surface area contributed by atoms with Gasteiger partial charge in [0.2, 0.25) is 0 Å². The van der Waals surface area contributed by atoms with Crippen LogP contribution >= 0.6 is 0 Å². The number of hydrogen-bond donors (Lipinski definition) is 0. The van der Waals surface area contributed by atoms with Crippen molar-refractivity contribution >= 4 is 0 Å². The Bertz CT molecular complexity index is 443. The normalized spacial score (nSPS) is 17.9. The number of likely N-dealkylation sites (N-methyl/N-ethyl adjacent to an activating group) is 1. The standard InChI is InChI=1S/C15H21F3N2O/c1-19-8-10-20(11-9-19)7-3-5-13-4-2-6-14(12-13)21-15(16,17)18/h2,4,6,12H,3,5,7-11H2,1H3. The molecular formula is C15H21F3N2O. The highest BCUT2D eigenvalue weighted by molar-refractivity contribution is 5.28. The maximum Gasteiger partial charge on any atom is 0.573 e. The molecule has 0 atom stereocenters. The van der Waals surface area contributed by atoms with Crippen molar-refractivity contribution in [2.45, 2.75) is 19.2 Å². The monoisotopic (exact) mass is 302 g/mol. The van der Waals surface area contributed by atoms with E-state index in [2.05, 4.69) is 21.6 Å². The molecule has 1 heterocycles. The van der Waals surface area contributed by atoms with Crippen LogP contribution in [-0.2, 0) is 6.42 Å². The number of nitrogens with zero attached hydrogens (tertiary/aromatic N) is 2. The van der Waals surface area contributed by atoms with Crippen molar-refractivity contribution < 1.29 is 17.9 Å². The lowest BCUT2D eigenvalue weighted by atomic mass is 10.1. The van der Waals surface area contributed by atoms with E-state index in [0.29, 0.717) is 0 Å². The second-order valence-corrected chi connectivity index (χ2v) is 5.44. The molecule has 0 amide bonds. The molecule has 1 aromatic rings. The summed E-state index contributed by atoms with van der Waals surface area (Å²) in [4.78, 5) is 4.70. The predicted octanol–water partition coefficient (Wildman–Crippen LogP) is 2.77. The van der Waals surface area contributed by atoms with Crippen LogP contribution < -0.4 is 4.74 Å². The summed E-state index contributed by atoms with van der Waals surface area (Å²) in [5.74, 6) is -0.139. The zero-order valence-electron chi connectivity index (χ0n) is 12.2. The third-order valence-electron chi connectivity index (χ3n) is 3.67. The highest BCUT2D eigenvalue weighted by Gasteiger charge is 2.31. The van der Waals surface area contributed by atoms with Gasteiger partial charge in [-0.15, -0.1) is 13.2 Å². The van der Waals surface area contributed by atoms with E-state index in [-0.39, 0.29) is 5.75 Å². The van der Waals surface area contributed by atoms with Gasteiger partial charge in [0, 0.05) is 26.2 Å². The molecule has 1 fully saturated rings. The summed E-state index contributed by atoms with van der Waals surface area (Å²) in [5.41, 5.74) is 0.880. The van der Waals surface area contributed by atoms with E-state index in [4.69, 9.17) is 0 Å². The number of piperazine rings is 1. The minimum Gasteiger partial charge on any atom is -0.406 e. The van der Waals surface area contributed by atoms with Gasteiger partial charge in [0.05, 0.1) is 0 Å². The van der Waals surface area contributed by atoms with Crippen molar-refractivity contribution in [3.63, 3.8) is 0 Å². The van der Waals surface area contributed by atoms with Crippen LogP contribution in [-0.4, -0.2) is 55.9 Å². The van der Waals surface area contributed by atoms with Crippen molar-refractivity contribution in [2.75, 3.05) is 39.8 Å². The van der Waals surface area contributed by atoms with Crippen LogP contribution in [0.15, 0.2) is 24.3 Å². The molecule has 21 heavy (non-hydrogen) atoms. The quantitative estimate of drug-likeness (QED) is 0.832. The van der Waals surface area contributed by atoms with Crippen molar-refractivity contribution in [2.24, 2.45) is 0 Å². The van der Waals surface area contributed by atoms with Gasteiger partial charge in [-0.3, -0.25) is 0 Å². The van der Waals surface area contributed by atoms with Gasteiger partial charge in [-0.2, -0.15) is 0 Å². The molecule has 2 rings (SSSR count). The van der Waals surface area contributed by atoms with Crippen molar-refractivity contribution in [1.82, 2.24) is 9.80 Å². The first-order valence-electron chi connectivity index (χ1n) is 7.18. The maximum absolute atomic E-state index is 12.2. The fourth-order valence-electron chi connectivity index (χ4n) is 2.48. The van der Waals surface area contributed by atoms with Gasteiger partial charge in [-0.25, -0.2) is 0 Å². The van der Waals surface area contributed by atoms with Crippen LogP contribution in [0.3, 0.4) is 0 Å². The lowest BCUT2D eigenvalue weighted by Gasteiger charge is -2.32. The molecule has 0 unspecified atom stereocenters. The molecule has 1 aliphatic rings. The number of alkyl halides is 3. The summed E-state index contributed by atoms with van der Waals surface area (Å²) in [7, 11) is 2.11. The number of hydrogen-bond acceptors (Lipinski definition) is 3. The van der Waals surface area contributed by atoms with Gasteiger partial charge in [-0.1, -0.05) is 12.1 Å². The number of aryl methyl sites for hydroxylation is 1. The van der Waals surface area contributed by atoms with E-state index in [0.717, 1.165) is 51.1 Å². The SMILES string of the molecule is CN1CCN(CCCc2cccc(OC(F)(F)F)c2)CC1. The van der Waals surface area contributed by atoms with Gasteiger partial charge in [0.25, 0.3) is 0 Å². The minimum atomic E-state index is -4.63. The van der Waals surface area contributed by atoms with Crippen molar-refractivity contribution in [1.29, 1.82) is 0 Å². The largest absolute Gasteiger partial charge is 0.573 e. The van der Waals surface area contributed by atoms with E-state index < -0.39 is 6.36 Å². The second-order valence-electron chi connectivity index (χ2n) is 5.44. The first-order chi connectivity index (χ1) is 9.92. The fourth-order valence-corrected chi connectivity index (χ4v) is 2.48. The molecule has 0 spiro atoms. The summed E-state index contributed by atoms with van der Waals surface area (Å²) >= 11 is 0. The summed E-state index contributed by atoms with van der Waals surface area (Å²) in [6, 6.07) is 6.24. The molecule has 0 radical (unpaired) electrons. The van der Waals surface area contributed by atoms with Gasteiger partial charge < -0.3 is 14.5 Å². The lowest BCUT2D eigenvalue weighted by Crippen LogP contribution is -2.44. The highest BCUT2D eigenvalue weighted by atomic mass is 19.4. The van der Waals surface area contributed by atoms with Crippen LogP contribution in [0.4, 0.5) is 13.2 Å². The van der Waals surface area contributed by atoms with E-state index in [1.54, 1.807) is 6.07 Å². The van der Waals surface area contributed by atoms with Crippen LogP contribution in [0, 0.1) is 0 Å². The zero-order valence-corrected chi connectivity index (χ0v) is 12.2. The predicted molar refractivity (Wildman–Crippen MR) is 75.4 cm³/mol. The number of rotatable bonds is 5. The van der Waals surface area contributed by atoms with Crippen LogP contribution in [0.2, 0.25) is 0 Å². The minimum absolute atomic E-state index is 0.139. The van der Waals surface area contributed by atoms with E-state index in [1.165, 1.54) is 12.1 Å². The first kappa shape index (κ1) is 16.1. The Morgan fingerprint density at radius 1 is 1.14 bits per heavy atom. The number of benzene rings is 1. The summed E-state index contributed by atoms with van der Waals surface area (Å²) in [6.45, 7) is 5.27. The van der Waals surface area contributed by atoms with Crippen LogP contribution in [0.25, 0.3) is 0 Å². The van der Waals surface area contributed by atoms with Gasteiger partial charge in [0.1, 0.15) is 5.75 Å². The lowest BCUT2D eigenvalue weighted by molar-refractivity contribution is -0.274. The molecule has 6 heteroatoms. The van der Waals surface area contributed by atoms with Crippen molar-refractivity contribution in [3.8, 4) is 5.75 Å². The molecule has 118 valence electrons. The average molecular weight is 302 g/mol. The molecule has 1 saturated heterocycles. The van der Waals surface area contributed by atoms with E-state index in [9.17, 15) is 13.2 Å². The van der Waals surface area contributed by atoms with E-state index in [1.807, 2.05) is 6.07 Å². The molecule has 1 aromatic carbocycles. The molecule has 0 aromatic heterocycles. The first-order valence-corrected chi connectivity index (χ1v) is 7.18. The molecule has 3 nitrogen and oxygen atoms in total. The Labute approximate surface area is 123 Å². The van der Waals surface area contributed by atoms with Gasteiger partial charge >= 0.3 is 6.36 Å². The molecule has 0 N–H and O–H groups in total. The van der Waals surface area contributed by atoms with Crippen LogP contribution in [0.1, 0.15) is 12.0 Å². The molecule has 0 aliphatic carbocycles. The fraction of sp³-hybridized carbons (Fsp3) is 0.600. The van der Waals surface area contributed by atoms with Crippen LogP contribution in [0.5, 0.6) is 5.75 Å². The van der Waals surface area contributed by atoms with E-state index >= 15 is 0 Å². The topological polar surface area (TPSA) is 15.7 Å². The molecular weight excluding hydrogens is 281 g/mol. The average Bonchev–Trinajstić information content (AvgIpc) is 2.39. The smallest absolute Gasteiger partial charge is 0.406 e. The Balaban J connectivity index is 1.77. The second kappa shape index (κ2) is 7.13. The third kappa shape index (κ3) is 5.93. The summed E-state index contributed by atoms with van der Waals surface area (Å²) < 4.78 is 40.4. The molecule has 0 bridgehead atoms. The third-order valence-corrected chi connectivity index (χ3v) is 3.67. The zero-order chi connectivity index (χ0) is 15.3. The number of halogens is 3. The Hall–Kier alpha value is -1.27. The van der Waals surface area contributed by atoms with Gasteiger partial charge in [0.15, 0.2) is 0 Å². The molecule has 1 aliphatic heterocycles. The van der Waals surface area contributed by atoms with Crippen molar-refractivity contribution in [3.05, 3.63) is 29.8 Å². The number of ether oxygens (including phenoxy) is 1. The Morgan fingerprint density at radius 3 is 2.52 bits per heavy atom. The molecule has 0 saturated carbocycles. The maximum atomic E-state index is 12.2. The highest BCUT2D eigenvalue weighted by Crippen LogP contribution is 2.23.